The molecule has 2 rings (SSSR count). The van der Waals surface area contributed by atoms with Crippen LogP contribution < -0.4 is 9.46 Å². The molecule has 0 fully saturated rings. The molecule has 2 aromatic rings. The zero-order valence-corrected chi connectivity index (χ0v) is 17.8. The summed E-state index contributed by atoms with van der Waals surface area (Å²) in [6.45, 7) is 1.75. The smallest absolute Gasteiger partial charge is 0.240 e. The molecule has 28 heavy (non-hydrogen) atoms. The number of sulfone groups is 1. The second kappa shape index (κ2) is 9.55. The number of hydrogen-bond donors (Lipinski definition) is 1. The molecule has 0 radical (unpaired) electrons. The normalized spacial score (nSPS) is 13.6. The molecule has 0 spiro atoms. The van der Waals surface area contributed by atoms with Gasteiger partial charge >= 0.3 is 0 Å². The second-order valence-electron chi connectivity index (χ2n) is 6.40. The highest BCUT2D eigenvalue weighted by Crippen LogP contribution is 2.20. The standard InChI is InChI=1S/C18H26N2O6S2/c1-4-27(21,22)13-12-25-15-7-9-16(10-8-15)28(23,24)19-14-17(20(2)3)18-6-5-11-26-18/h5-11,17,19H,4,12-14H2,1-3H3. The predicted molar refractivity (Wildman–Crippen MR) is 107 cm³/mol. The summed E-state index contributed by atoms with van der Waals surface area (Å²) in [5.41, 5.74) is 0. The van der Waals surface area contributed by atoms with E-state index in [4.69, 9.17) is 9.15 Å². The number of sulfonamides is 1. The molecule has 1 heterocycles. The fraction of sp³-hybridized carbons (Fsp3) is 0.444. The summed E-state index contributed by atoms with van der Waals surface area (Å²) in [6.07, 6.45) is 1.55. The summed E-state index contributed by atoms with van der Waals surface area (Å²) in [5, 5.41) is 0. The summed E-state index contributed by atoms with van der Waals surface area (Å²) >= 11 is 0. The minimum absolute atomic E-state index is 0.0220. The topological polar surface area (TPSA) is 106 Å². The van der Waals surface area contributed by atoms with Crippen molar-refractivity contribution in [3.05, 3.63) is 48.4 Å². The summed E-state index contributed by atoms with van der Waals surface area (Å²) in [6, 6.07) is 9.15. The second-order valence-corrected chi connectivity index (χ2v) is 10.6. The maximum atomic E-state index is 12.5. The van der Waals surface area contributed by atoms with Gasteiger partial charge in [-0.2, -0.15) is 0 Å². The molecule has 10 heteroatoms. The molecule has 8 nitrogen and oxygen atoms in total. The number of likely N-dealkylation sites (N-methyl/N-ethyl adjacent to an activating group) is 1. The third-order valence-electron chi connectivity index (χ3n) is 4.20. The van der Waals surface area contributed by atoms with Crippen LogP contribution in [0, 0.1) is 0 Å². The van der Waals surface area contributed by atoms with Crippen LogP contribution >= 0.6 is 0 Å². The number of ether oxygens (including phenoxy) is 1. The Bertz CT molecular complexity index is 936. The van der Waals surface area contributed by atoms with Gasteiger partial charge in [0.15, 0.2) is 9.84 Å². The van der Waals surface area contributed by atoms with Gasteiger partial charge in [0.05, 0.1) is 23.0 Å². The van der Waals surface area contributed by atoms with Crippen LogP contribution in [0.3, 0.4) is 0 Å². The molecular weight excluding hydrogens is 404 g/mol. The minimum Gasteiger partial charge on any atom is -0.493 e. The van der Waals surface area contributed by atoms with E-state index in [1.54, 1.807) is 25.3 Å². The van der Waals surface area contributed by atoms with Crippen LogP contribution in [0.4, 0.5) is 0 Å². The Morgan fingerprint density at radius 2 is 1.79 bits per heavy atom. The lowest BCUT2D eigenvalue weighted by molar-refractivity contribution is 0.259. The number of rotatable bonds is 11. The lowest BCUT2D eigenvalue weighted by atomic mass is 10.2. The van der Waals surface area contributed by atoms with Crippen molar-refractivity contribution in [3.63, 3.8) is 0 Å². The molecule has 0 bridgehead atoms. The van der Waals surface area contributed by atoms with E-state index >= 15 is 0 Å². The van der Waals surface area contributed by atoms with E-state index in [2.05, 4.69) is 4.72 Å². The van der Waals surface area contributed by atoms with Gasteiger partial charge in [-0.05, 0) is 50.5 Å². The number of benzene rings is 1. The van der Waals surface area contributed by atoms with E-state index in [0.717, 1.165) is 0 Å². The monoisotopic (exact) mass is 430 g/mol. The molecule has 0 saturated carbocycles. The van der Waals surface area contributed by atoms with Gasteiger partial charge < -0.3 is 9.15 Å². The Morgan fingerprint density at radius 1 is 1.11 bits per heavy atom. The van der Waals surface area contributed by atoms with Gasteiger partial charge in [0.25, 0.3) is 0 Å². The van der Waals surface area contributed by atoms with Crippen molar-refractivity contribution in [2.24, 2.45) is 0 Å². The van der Waals surface area contributed by atoms with Crippen molar-refractivity contribution in [1.82, 2.24) is 9.62 Å². The maximum Gasteiger partial charge on any atom is 0.240 e. The molecule has 1 aromatic heterocycles. The van der Waals surface area contributed by atoms with E-state index < -0.39 is 19.9 Å². The first-order valence-electron chi connectivity index (χ1n) is 8.77. The number of nitrogens with one attached hydrogen (secondary N) is 1. The summed E-state index contributed by atoms with van der Waals surface area (Å²) in [4.78, 5) is 1.96. The Morgan fingerprint density at radius 3 is 2.32 bits per heavy atom. The number of hydrogen-bond acceptors (Lipinski definition) is 7. The fourth-order valence-electron chi connectivity index (χ4n) is 2.44. The van der Waals surface area contributed by atoms with Gasteiger partial charge in [-0.3, -0.25) is 4.90 Å². The van der Waals surface area contributed by atoms with Crippen molar-refractivity contribution in [2.75, 3.05) is 38.8 Å². The van der Waals surface area contributed by atoms with Gasteiger partial charge in [0, 0.05) is 12.3 Å². The van der Waals surface area contributed by atoms with Crippen LogP contribution in [0.1, 0.15) is 18.7 Å². The van der Waals surface area contributed by atoms with Crippen molar-refractivity contribution in [3.8, 4) is 5.75 Å². The Hall–Kier alpha value is -1.88. The predicted octanol–water partition coefficient (Wildman–Crippen LogP) is 1.67. The molecule has 0 aliphatic heterocycles. The number of nitrogens with zero attached hydrogens (tertiary/aromatic N) is 1. The Kier molecular flexibility index (Phi) is 7.64. The molecule has 0 aliphatic rings. The molecule has 0 aliphatic carbocycles. The van der Waals surface area contributed by atoms with Crippen molar-refractivity contribution in [1.29, 1.82) is 0 Å². The minimum atomic E-state index is -3.71. The Labute approximate surface area is 166 Å². The largest absolute Gasteiger partial charge is 0.493 e. The first-order chi connectivity index (χ1) is 13.1. The SMILES string of the molecule is CCS(=O)(=O)CCOc1ccc(S(=O)(=O)NCC(c2ccco2)N(C)C)cc1. The zero-order chi connectivity index (χ0) is 20.8. The lowest BCUT2D eigenvalue weighted by Crippen LogP contribution is -2.34. The van der Waals surface area contributed by atoms with Crippen LogP contribution in [-0.2, 0) is 19.9 Å². The molecule has 156 valence electrons. The van der Waals surface area contributed by atoms with Gasteiger partial charge in [-0.15, -0.1) is 0 Å². The molecule has 0 amide bonds. The first-order valence-corrected chi connectivity index (χ1v) is 12.1. The maximum absolute atomic E-state index is 12.5. The van der Waals surface area contributed by atoms with E-state index in [1.807, 2.05) is 19.0 Å². The van der Waals surface area contributed by atoms with E-state index in [1.165, 1.54) is 24.3 Å². The quantitative estimate of drug-likeness (QED) is 0.578. The third kappa shape index (κ3) is 6.33. The van der Waals surface area contributed by atoms with Crippen LogP contribution in [0.25, 0.3) is 0 Å². The summed E-state index contributed by atoms with van der Waals surface area (Å²) in [5.74, 6) is 1.06. The lowest BCUT2D eigenvalue weighted by Gasteiger charge is -2.22. The van der Waals surface area contributed by atoms with E-state index in [0.29, 0.717) is 11.5 Å². The average molecular weight is 431 g/mol. The molecule has 1 atom stereocenters. The highest BCUT2D eigenvalue weighted by atomic mass is 32.2. The highest BCUT2D eigenvalue weighted by molar-refractivity contribution is 7.91. The molecule has 1 N–H and O–H groups in total. The van der Waals surface area contributed by atoms with Crippen molar-refractivity contribution in [2.45, 2.75) is 17.9 Å². The molecule has 0 saturated heterocycles. The third-order valence-corrected chi connectivity index (χ3v) is 7.31. The fourth-order valence-corrected chi connectivity index (χ4v) is 4.10. The van der Waals surface area contributed by atoms with Gasteiger partial charge in [0.1, 0.15) is 18.1 Å². The highest BCUT2D eigenvalue weighted by Gasteiger charge is 2.21. The average Bonchev–Trinajstić information content (AvgIpc) is 3.16. The van der Waals surface area contributed by atoms with E-state index in [-0.39, 0.29) is 35.6 Å². The van der Waals surface area contributed by atoms with Crippen LogP contribution in [0.2, 0.25) is 0 Å². The van der Waals surface area contributed by atoms with E-state index in [9.17, 15) is 16.8 Å². The zero-order valence-electron chi connectivity index (χ0n) is 16.2. The van der Waals surface area contributed by atoms with Gasteiger partial charge in [-0.1, -0.05) is 6.92 Å². The Balaban J connectivity index is 1.97. The molecule has 1 unspecified atom stereocenters. The molecular formula is C18H26N2O6S2. The van der Waals surface area contributed by atoms with Crippen LogP contribution in [0.5, 0.6) is 5.75 Å². The first kappa shape index (κ1) is 22.4. The summed E-state index contributed by atoms with van der Waals surface area (Å²) in [7, 11) is -3.14. The number of furan rings is 1. The van der Waals surface area contributed by atoms with Gasteiger partial charge in [0.2, 0.25) is 10.0 Å². The van der Waals surface area contributed by atoms with Crippen LogP contribution in [0.15, 0.2) is 52.0 Å². The van der Waals surface area contributed by atoms with Crippen LogP contribution in [-0.4, -0.2) is 60.5 Å². The van der Waals surface area contributed by atoms with Gasteiger partial charge in [-0.25, -0.2) is 21.6 Å². The van der Waals surface area contributed by atoms with Crippen molar-refractivity contribution >= 4 is 19.9 Å². The molecule has 1 aromatic carbocycles. The van der Waals surface area contributed by atoms with Crippen molar-refractivity contribution < 1.29 is 26.0 Å². The summed E-state index contributed by atoms with van der Waals surface area (Å²) < 4.78 is 61.3.